The Morgan fingerprint density at radius 1 is 1.12 bits per heavy atom. The van der Waals surface area contributed by atoms with Gasteiger partial charge in [-0.05, 0) is 18.6 Å². The van der Waals surface area contributed by atoms with Gasteiger partial charge in [-0.25, -0.2) is 9.07 Å². The summed E-state index contributed by atoms with van der Waals surface area (Å²) in [6.07, 6.45) is 0. The van der Waals surface area contributed by atoms with Crippen LogP contribution in [0.15, 0.2) is 54.6 Å². The van der Waals surface area contributed by atoms with E-state index < -0.39 is 0 Å². The van der Waals surface area contributed by atoms with Gasteiger partial charge >= 0.3 is 0 Å². The van der Waals surface area contributed by atoms with Crippen LogP contribution in [-0.2, 0) is 13.1 Å². The molecule has 0 saturated carbocycles. The molecule has 2 aromatic carbocycles. The van der Waals surface area contributed by atoms with Crippen molar-refractivity contribution in [1.29, 1.82) is 0 Å². The van der Waals surface area contributed by atoms with Gasteiger partial charge in [0.1, 0.15) is 5.82 Å². The van der Waals surface area contributed by atoms with Crippen LogP contribution in [0.4, 0.5) is 4.39 Å². The average Bonchev–Trinajstić information content (AvgIpc) is 2.96. The SMILES string of the molecule is Cc1c(C(=O)NCc2ccccc2)nnn1Cc1ccccc1F. The Balaban J connectivity index is 1.70. The van der Waals surface area contributed by atoms with Crippen LogP contribution < -0.4 is 5.32 Å². The van der Waals surface area contributed by atoms with Gasteiger partial charge in [-0.3, -0.25) is 4.79 Å². The summed E-state index contributed by atoms with van der Waals surface area (Å²) in [6.45, 7) is 2.40. The minimum atomic E-state index is -0.303. The lowest BCUT2D eigenvalue weighted by atomic mass is 10.2. The van der Waals surface area contributed by atoms with Crippen molar-refractivity contribution in [2.45, 2.75) is 20.0 Å². The molecule has 122 valence electrons. The zero-order chi connectivity index (χ0) is 16.9. The molecule has 1 aromatic heterocycles. The van der Waals surface area contributed by atoms with Crippen LogP contribution in [0.1, 0.15) is 27.3 Å². The fourth-order valence-corrected chi connectivity index (χ4v) is 2.37. The van der Waals surface area contributed by atoms with Crippen LogP contribution in [0.25, 0.3) is 0 Å². The second kappa shape index (κ2) is 7.04. The summed E-state index contributed by atoms with van der Waals surface area (Å²) in [5.74, 6) is -0.599. The fraction of sp³-hybridized carbons (Fsp3) is 0.167. The molecule has 0 atom stereocenters. The minimum Gasteiger partial charge on any atom is -0.347 e. The summed E-state index contributed by atoms with van der Waals surface area (Å²) in [6, 6.07) is 16.1. The number of nitrogens with zero attached hydrogens (tertiary/aromatic N) is 3. The van der Waals surface area contributed by atoms with Crippen molar-refractivity contribution in [1.82, 2.24) is 20.3 Å². The molecule has 1 amide bonds. The van der Waals surface area contributed by atoms with Crippen LogP contribution in [0.3, 0.4) is 0 Å². The van der Waals surface area contributed by atoms with Crippen molar-refractivity contribution in [2.24, 2.45) is 0 Å². The van der Waals surface area contributed by atoms with E-state index in [1.165, 1.54) is 10.7 Å². The Morgan fingerprint density at radius 2 is 1.83 bits per heavy atom. The molecule has 1 heterocycles. The molecule has 1 N–H and O–H groups in total. The molecule has 0 bridgehead atoms. The first kappa shape index (κ1) is 15.9. The predicted molar refractivity (Wildman–Crippen MR) is 87.9 cm³/mol. The van der Waals surface area contributed by atoms with E-state index >= 15 is 0 Å². The molecule has 3 rings (SSSR count). The molecule has 0 saturated heterocycles. The highest BCUT2D eigenvalue weighted by Gasteiger charge is 2.17. The zero-order valence-corrected chi connectivity index (χ0v) is 13.2. The predicted octanol–water partition coefficient (Wildman–Crippen LogP) is 2.70. The molecule has 3 aromatic rings. The first-order valence-electron chi connectivity index (χ1n) is 7.61. The van der Waals surface area contributed by atoms with Crippen molar-refractivity contribution < 1.29 is 9.18 Å². The molecular formula is C18H17FN4O. The third-order valence-electron chi connectivity index (χ3n) is 3.77. The van der Waals surface area contributed by atoms with Gasteiger partial charge in [0.05, 0.1) is 12.2 Å². The number of halogens is 1. The molecule has 0 spiro atoms. The van der Waals surface area contributed by atoms with E-state index in [0.717, 1.165) is 5.56 Å². The molecule has 0 aliphatic heterocycles. The van der Waals surface area contributed by atoms with Crippen molar-refractivity contribution >= 4 is 5.91 Å². The van der Waals surface area contributed by atoms with Crippen molar-refractivity contribution in [3.63, 3.8) is 0 Å². The molecule has 0 radical (unpaired) electrons. The summed E-state index contributed by atoms with van der Waals surface area (Å²) in [5, 5.41) is 10.7. The Kier molecular flexibility index (Phi) is 4.65. The zero-order valence-electron chi connectivity index (χ0n) is 13.2. The average molecular weight is 324 g/mol. The van der Waals surface area contributed by atoms with Crippen molar-refractivity contribution in [3.05, 3.63) is 82.9 Å². The van der Waals surface area contributed by atoms with Crippen LogP contribution >= 0.6 is 0 Å². The normalized spacial score (nSPS) is 10.6. The molecule has 24 heavy (non-hydrogen) atoms. The van der Waals surface area contributed by atoms with Gasteiger partial charge in [-0.1, -0.05) is 53.7 Å². The Hall–Kier alpha value is -3.02. The fourth-order valence-electron chi connectivity index (χ4n) is 2.37. The first-order chi connectivity index (χ1) is 11.6. The van der Waals surface area contributed by atoms with Gasteiger partial charge < -0.3 is 5.32 Å². The summed E-state index contributed by atoms with van der Waals surface area (Å²) in [4.78, 5) is 12.3. The van der Waals surface area contributed by atoms with Crippen molar-refractivity contribution in [2.75, 3.05) is 0 Å². The topological polar surface area (TPSA) is 59.8 Å². The van der Waals surface area contributed by atoms with Gasteiger partial charge in [0.15, 0.2) is 5.69 Å². The lowest BCUT2D eigenvalue weighted by Crippen LogP contribution is -2.24. The summed E-state index contributed by atoms with van der Waals surface area (Å²) >= 11 is 0. The summed E-state index contributed by atoms with van der Waals surface area (Å²) in [5.41, 5.74) is 2.36. The number of carbonyl (C=O) groups excluding carboxylic acids is 1. The third kappa shape index (κ3) is 3.48. The lowest BCUT2D eigenvalue weighted by Gasteiger charge is -2.06. The van der Waals surface area contributed by atoms with E-state index in [9.17, 15) is 9.18 Å². The van der Waals surface area contributed by atoms with E-state index in [4.69, 9.17) is 0 Å². The van der Waals surface area contributed by atoms with Gasteiger partial charge in [-0.2, -0.15) is 0 Å². The Labute approximate surface area is 139 Å². The van der Waals surface area contributed by atoms with Crippen LogP contribution in [0.2, 0.25) is 0 Å². The number of amides is 1. The standard InChI is InChI=1S/C18H17FN4O/c1-13-17(18(24)20-11-14-7-3-2-4-8-14)21-22-23(13)12-15-9-5-6-10-16(15)19/h2-10H,11-12H2,1H3,(H,20,24). The van der Waals surface area contributed by atoms with Gasteiger partial charge in [-0.15, -0.1) is 5.10 Å². The van der Waals surface area contributed by atoms with Crippen LogP contribution in [0, 0.1) is 12.7 Å². The van der Waals surface area contributed by atoms with Gasteiger partial charge in [0, 0.05) is 12.1 Å². The number of hydrogen-bond acceptors (Lipinski definition) is 3. The maximum absolute atomic E-state index is 13.7. The minimum absolute atomic E-state index is 0.234. The number of hydrogen-bond donors (Lipinski definition) is 1. The van der Waals surface area contributed by atoms with Gasteiger partial charge in [0.2, 0.25) is 0 Å². The number of benzene rings is 2. The second-order valence-electron chi connectivity index (χ2n) is 5.44. The van der Waals surface area contributed by atoms with E-state index in [1.807, 2.05) is 30.3 Å². The molecule has 0 aliphatic rings. The highest BCUT2D eigenvalue weighted by molar-refractivity contribution is 5.93. The number of carbonyl (C=O) groups is 1. The van der Waals surface area contributed by atoms with E-state index in [2.05, 4.69) is 15.6 Å². The molecule has 5 nitrogen and oxygen atoms in total. The third-order valence-corrected chi connectivity index (χ3v) is 3.77. The van der Waals surface area contributed by atoms with E-state index in [-0.39, 0.29) is 24.0 Å². The largest absolute Gasteiger partial charge is 0.347 e. The smallest absolute Gasteiger partial charge is 0.274 e. The first-order valence-corrected chi connectivity index (χ1v) is 7.61. The number of nitrogens with one attached hydrogen (secondary N) is 1. The Morgan fingerprint density at radius 3 is 2.58 bits per heavy atom. The summed E-state index contributed by atoms with van der Waals surface area (Å²) in [7, 11) is 0. The quantitative estimate of drug-likeness (QED) is 0.785. The molecule has 0 unspecified atom stereocenters. The van der Waals surface area contributed by atoms with E-state index in [1.54, 1.807) is 25.1 Å². The maximum atomic E-state index is 13.7. The maximum Gasteiger partial charge on any atom is 0.274 e. The number of aromatic nitrogens is 3. The van der Waals surface area contributed by atoms with Crippen molar-refractivity contribution in [3.8, 4) is 0 Å². The van der Waals surface area contributed by atoms with Crippen LogP contribution in [0.5, 0.6) is 0 Å². The molecule has 0 aliphatic carbocycles. The van der Waals surface area contributed by atoms with E-state index in [0.29, 0.717) is 17.8 Å². The van der Waals surface area contributed by atoms with Gasteiger partial charge in [0.25, 0.3) is 5.91 Å². The monoisotopic (exact) mass is 324 g/mol. The Bertz CT molecular complexity index is 845. The molecule has 0 fully saturated rings. The molecule has 6 heteroatoms. The highest BCUT2D eigenvalue weighted by atomic mass is 19.1. The molecular weight excluding hydrogens is 307 g/mol. The number of rotatable bonds is 5. The summed E-state index contributed by atoms with van der Waals surface area (Å²) < 4.78 is 15.3. The van der Waals surface area contributed by atoms with Crippen LogP contribution in [-0.4, -0.2) is 20.9 Å². The second-order valence-corrected chi connectivity index (χ2v) is 5.44. The lowest BCUT2D eigenvalue weighted by molar-refractivity contribution is 0.0945. The highest BCUT2D eigenvalue weighted by Crippen LogP contribution is 2.11.